The quantitative estimate of drug-likeness (QED) is 0.792. The zero-order chi connectivity index (χ0) is 16.8. The zero-order valence-corrected chi connectivity index (χ0v) is 14.3. The van der Waals surface area contributed by atoms with E-state index >= 15 is 0 Å². The van der Waals surface area contributed by atoms with E-state index in [4.69, 9.17) is 4.74 Å². The summed E-state index contributed by atoms with van der Waals surface area (Å²) < 4.78 is 5.27. The highest BCUT2D eigenvalue weighted by atomic mass is 16.5. The number of carbonyl (C=O) groups is 1. The van der Waals surface area contributed by atoms with Crippen molar-refractivity contribution in [3.8, 4) is 5.75 Å². The summed E-state index contributed by atoms with van der Waals surface area (Å²) in [5, 5.41) is 0. The fraction of sp³-hybridized carbons (Fsp3) is 0.381. The second kappa shape index (κ2) is 8.00. The average Bonchev–Trinajstić information content (AvgIpc) is 3.17. The molecule has 1 amide bonds. The standard InChI is InChI=1S/C21H25NO2/c1-24-20-13-7-10-18(16-20)21(23)22(19-11-5-6-12-19)15-14-17-8-3-2-4-9-17/h2-4,7-10,13,16,19H,5-6,11-12,14-15H2,1H3. The molecule has 3 rings (SSSR count). The minimum Gasteiger partial charge on any atom is -0.497 e. The smallest absolute Gasteiger partial charge is 0.254 e. The molecule has 0 radical (unpaired) electrons. The molecule has 0 heterocycles. The third kappa shape index (κ3) is 3.97. The molecule has 1 aliphatic carbocycles. The maximum Gasteiger partial charge on any atom is 0.254 e. The van der Waals surface area contributed by atoms with Gasteiger partial charge in [0, 0.05) is 18.2 Å². The van der Waals surface area contributed by atoms with Gasteiger partial charge in [-0.25, -0.2) is 0 Å². The van der Waals surface area contributed by atoms with Gasteiger partial charge >= 0.3 is 0 Å². The molecule has 3 heteroatoms. The molecule has 2 aromatic carbocycles. The van der Waals surface area contributed by atoms with Gasteiger partial charge in [0.1, 0.15) is 5.75 Å². The van der Waals surface area contributed by atoms with Gasteiger partial charge in [-0.2, -0.15) is 0 Å². The second-order valence-electron chi connectivity index (χ2n) is 6.40. The van der Waals surface area contributed by atoms with Crippen LogP contribution in [-0.4, -0.2) is 30.5 Å². The summed E-state index contributed by atoms with van der Waals surface area (Å²) >= 11 is 0. The molecular formula is C21H25NO2. The molecule has 1 aliphatic rings. The maximum absolute atomic E-state index is 13.1. The highest BCUT2D eigenvalue weighted by Gasteiger charge is 2.27. The number of carbonyl (C=O) groups excluding carboxylic acids is 1. The number of methoxy groups -OCH3 is 1. The molecule has 3 nitrogen and oxygen atoms in total. The number of ether oxygens (including phenoxy) is 1. The molecule has 0 aliphatic heterocycles. The van der Waals surface area contributed by atoms with Crippen molar-refractivity contribution >= 4 is 5.91 Å². The highest BCUT2D eigenvalue weighted by molar-refractivity contribution is 5.94. The predicted octanol–water partition coefficient (Wildman–Crippen LogP) is 4.32. The van der Waals surface area contributed by atoms with Gasteiger partial charge in [-0.15, -0.1) is 0 Å². The lowest BCUT2D eigenvalue weighted by atomic mass is 10.1. The second-order valence-corrected chi connectivity index (χ2v) is 6.40. The number of nitrogens with zero attached hydrogens (tertiary/aromatic N) is 1. The molecule has 0 unspecified atom stereocenters. The SMILES string of the molecule is COc1cccc(C(=O)N(CCc2ccccc2)C2CCCC2)c1. The Balaban J connectivity index is 1.77. The Kier molecular flexibility index (Phi) is 5.52. The van der Waals surface area contributed by atoms with Gasteiger partial charge in [-0.05, 0) is 43.0 Å². The molecule has 1 fully saturated rings. The van der Waals surface area contributed by atoms with E-state index in [1.54, 1.807) is 7.11 Å². The first kappa shape index (κ1) is 16.6. The van der Waals surface area contributed by atoms with Crippen molar-refractivity contribution in [2.45, 2.75) is 38.1 Å². The Morgan fingerprint density at radius 2 is 1.83 bits per heavy atom. The molecule has 0 N–H and O–H groups in total. The molecule has 0 spiro atoms. The van der Waals surface area contributed by atoms with Crippen molar-refractivity contribution in [2.24, 2.45) is 0 Å². The van der Waals surface area contributed by atoms with Crippen LogP contribution in [0.1, 0.15) is 41.6 Å². The van der Waals surface area contributed by atoms with Gasteiger partial charge in [-0.1, -0.05) is 49.2 Å². The van der Waals surface area contributed by atoms with Gasteiger partial charge in [0.15, 0.2) is 0 Å². The predicted molar refractivity (Wildman–Crippen MR) is 96.4 cm³/mol. The van der Waals surface area contributed by atoms with Crippen molar-refractivity contribution in [1.29, 1.82) is 0 Å². The first-order valence-electron chi connectivity index (χ1n) is 8.77. The summed E-state index contributed by atoms with van der Waals surface area (Å²) in [5.74, 6) is 0.854. The van der Waals surface area contributed by atoms with Gasteiger partial charge in [0.25, 0.3) is 5.91 Å². The molecule has 126 valence electrons. The van der Waals surface area contributed by atoms with Crippen LogP contribution in [0.3, 0.4) is 0 Å². The normalized spacial score (nSPS) is 14.5. The van der Waals surface area contributed by atoms with E-state index < -0.39 is 0 Å². The average molecular weight is 323 g/mol. The Morgan fingerprint density at radius 1 is 1.08 bits per heavy atom. The van der Waals surface area contributed by atoms with E-state index in [0.717, 1.165) is 31.6 Å². The van der Waals surface area contributed by atoms with Crippen molar-refractivity contribution in [1.82, 2.24) is 4.90 Å². The van der Waals surface area contributed by atoms with Gasteiger partial charge in [0.05, 0.1) is 7.11 Å². The van der Waals surface area contributed by atoms with E-state index in [1.807, 2.05) is 30.3 Å². The lowest BCUT2D eigenvalue weighted by Crippen LogP contribution is -2.40. The van der Waals surface area contributed by atoms with Crippen LogP contribution in [0.15, 0.2) is 54.6 Å². The van der Waals surface area contributed by atoms with Crippen LogP contribution in [0, 0.1) is 0 Å². The number of rotatable bonds is 6. The number of hydrogen-bond donors (Lipinski definition) is 0. The van der Waals surface area contributed by atoms with Crippen molar-refractivity contribution in [3.05, 3.63) is 65.7 Å². The van der Waals surface area contributed by atoms with Crippen LogP contribution >= 0.6 is 0 Å². The van der Waals surface area contributed by atoms with Crippen LogP contribution in [0.2, 0.25) is 0 Å². The van der Waals surface area contributed by atoms with E-state index in [2.05, 4.69) is 29.2 Å². The summed E-state index contributed by atoms with van der Waals surface area (Å²) in [5.41, 5.74) is 1.99. The third-order valence-electron chi connectivity index (χ3n) is 4.83. The summed E-state index contributed by atoms with van der Waals surface area (Å²) in [4.78, 5) is 15.2. The molecule has 1 saturated carbocycles. The number of hydrogen-bond acceptors (Lipinski definition) is 2. The zero-order valence-electron chi connectivity index (χ0n) is 14.3. The monoisotopic (exact) mass is 323 g/mol. The van der Waals surface area contributed by atoms with Gasteiger partial charge in [-0.3, -0.25) is 4.79 Å². The fourth-order valence-electron chi connectivity index (χ4n) is 3.48. The van der Waals surface area contributed by atoms with E-state index in [9.17, 15) is 4.79 Å². The van der Waals surface area contributed by atoms with Gasteiger partial charge in [0.2, 0.25) is 0 Å². The minimum absolute atomic E-state index is 0.122. The summed E-state index contributed by atoms with van der Waals surface area (Å²) in [6, 6.07) is 18.2. The van der Waals surface area contributed by atoms with Gasteiger partial charge < -0.3 is 9.64 Å². The Bertz CT molecular complexity index is 663. The van der Waals surface area contributed by atoms with E-state index in [-0.39, 0.29) is 5.91 Å². The molecule has 24 heavy (non-hydrogen) atoms. The topological polar surface area (TPSA) is 29.5 Å². The largest absolute Gasteiger partial charge is 0.497 e. The first-order valence-corrected chi connectivity index (χ1v) is 8.77. The molecule has 0 atom stereocenters. The Morgan fingerprint density at radius 3 is 2.54 bits per heavy atom. The van der Waals surface area contributed by atoms with Crippen LogP contribution in [0.25, 0.3) is 0 Å². The minimum atomic E-state index is 0.122. The van der Waals surface area contributed by atoms with Crippen LogP contribution in [0.5, 0.6) is 5.75 Å². The maximum atomic E-state index is 13.1. The number of benzene rings is 2. The molecular weight excluding hydrogens is 298 g/mol. The summed E-state index contributed by atoms with van der Waals surface area (Å²) in [6.07, 6.45) is 5.57. The highest BCUT2D eigenvalue weighted by Crippen LogP contribution is 2.26. The van der Waals surface area contributed by atoms with E-state index in [0.29, 0.717) is 11.6 Å². The Labute approximate surface area is 144 Å². The van der Waals surface area contributed by atoms with Crippen LogP contribution in [0.4, 0.5) is 0 Å². The van der Waals surface area contributed by atoms with E-state index in [1.165, 1.54) is 18.4 Å². The number of amides is 1. The van der Waals surface area contributed by atoms with Crippen molar-refractivity contribution in [3.63, 3.8) is 0 Å². The van der Waals surface area contributed by atoms with Crippen LogP contribution < -0.4 is 4.74 Å². The molecule has 0 saturated heterocycles. The van der Waals surface area contributed by atoms with Crippen LogP contribution in [-0.2, 0) is 6.42 Å². The molecule has 2 aromatic rings. The molecule has 0 aromatic heterocycles. The fourth-order valence-corrected chi connectivity index (χ4v) is 3.48. The summed E-state index contributed by atoms with van der Waals surface area (Å²) in [7, 11) is 1.63. The lowest BCUT2D eigenvalue weighted by molar-refractivity contribution is 0.0683. The Hall–Kier alpha value is -2.29. The third-order valence-corrected chi connectivity index (χ3v) is 4.83. The van der Waals surface area contributed by atoms with Crippen molar-refractivity contribution < 1.29 is 9.53 Å². The first-order chi connectivity index (χ1) is 11.8. The van der Waals surface area contributed by atoms with Crippen molar-refractivity contribution in [2.75, 3.05) is 13.7 Å². The summed E-state index contributed by atoms with van der Waals surface area (Å²) in [6.45, 7) is 0.769. The molecule has 0 bridgehead atoms. The lowest BCUT2D eigenvalue weighted by Gasteiger charge is -2.29.